The van der Waals surface area contributed by atoms with Crippen molar-refractivity contribution in [3.63, 3.8) is 0 Å². The smallest absolute Gasteiger partial charge is 0.161 e. The van der Waals surface area contributed by atoms with Gasteiger partial charge in [0.25, 0.3) is 0 Å². The molecule has 0 aliphatic heterocycles. The maximum absolute atomic E-state index is 13.3. The summed E-state index contributed by atoms with van der Waals surface area (Å²) in [4.78, 5) is 0. The highest BCUT2D eigenvalue weighted by Crippen LogP contribution is 2.27. The van der Waals surface area contributed by atoms with Gasteiger partial charge in [0.2, 0.25) is 0 Å². The molecule has 0 radical (unpaired) electrons. The van der Waals surface area contributed by atoms with E-state index in [0.29, 0.717) is 24.5 Å². The number of methoxy groups -OCH3 is 2. The first-order valence-electron chi connectivity index (χ1n) is 6.90. The largest absolute Gasteiger partial charge is 0.493 e. The number of hydrogen-bond donors (Lipinski definition) is 1. The Bertz CT molecular complexity index is 717. The van der Waals surface area contributed by atoms with Crippen LogP contribution in [0.1, 0.15) is 16.7 Å². The van der Waals surface area contributed by atoms with E-state index in [-0.39, 0.29) is 5.82 Å². The van der Waals surface area contributed by atoms with E-state index in [1.165, 1.54) is 12.1 Å². The van der Waals surface area contributed by atoms with Crippen molar-refractivity contribution in [1.82, 2.24) is 0 Å². The van der Waals surface area contributed by atoms with Crippen LogP contribution < -0.4 is 15.2 Å². The molecule has 0 unspecified atom stereocenters. The molecule has 4 heteroatoms. The summed E-state index contributed by atoms with van der Waals surface area (Å²) in [5.74, 6) is 7.11. The number of ether oxygens (including phenoxy) is 2. The lowest BCUT2D eigenvalue weighted by Crippen LogP contribution is -2.04. The number of hydrogen-bond acceptors (Lipinski definition) is 3. The lowest BCUT2D eigenvalue weighted by molar-refractivity contribution is 0.355. The molecule has 2 aromatic rings. The lowest BCUT2D eigenvalue weighted by Gasteiger charge is -2.07. The van der Waals surface area contributed by atoms with Gasteiger partial charge in [-0.15, -0.1) is 0 Å². The topological polar surface area (TPSA) is 44.5 Å². The Hall–Kier alpha value is -2.51. The maximum Gasteiger partial charge on any atom is 0.161 e. The van der Waals surface area contributed by atoms with Gasteiger partial charge in [0.15, 0.2) is 11.5 Å². The normalized spacial score (nSPS) is 9.82. The molecule has 22 heavy (non-hydrogen) atoms. The first-order valence-corrected chi connectivity index (χ1v) is 6.90. The fraction of sp³-hybridized carbons (Fsp3) is 0.222. The molecule has 114 valence electrons. The van der Waals surface area contributed by atoms with Crippen molar-refractivity contribution in [2.24, 2.45) is 5.73 Å². The van der Waals surface area contributed by atoms with E-state index < -0.39 is 0 Å². The molecule has 0 atom stereocenters. The molecule has 0 aromatic heterocycles. The molecule has 0 bridgehead atoms. The number of benzene rings is 2. The van der Waals surface area contributed by atoms with Gasteiger partial charge >= 0.3 is 0 Å². The summed E-state index contributed by atoms with van der Waals surface area (Å²) in [6.07, 6.45) is 0.591. The van der Waals surface area contributed by atoms with Gasteiger partial charge < -0.3 is 15.2 Å². The average Bonchev–Trinajstić information content (AvgIpc) is 2.54. The van der Waals surface area contributed by atoms with Gasteiger partial charge in [0.05, 0.1) is 14.2 Å². The Morgan fingerprint density at radius 2 is 1.77 bits per heavy atom. The number of rotatable bonds is 4. The quantitative estimate of drug-likeness (QED) is 0.883. The minimum Gasteiger partial charge on any atom is -0.493 e. The van der Waals surface area contributed by atoms with Crippen LogP contribution in [0.15, 0.2) is 36.4 Å². The molecule has 2 rings (SSSR count). The zero-order valence-electron chi connectivity index (χ0n) is 12.7. The highest BCUT2D eigenvalue weighted by atomic mass is 19.1. The van der Waals surface area contributed by atoms with Crippen LogP contribution in [0.2, 0.25) is 0 Å². The second-order valence-electron chi connectivity index (χ2n) is 4.66. The van der Waals surface area contributed by atoms with E-state index in [1.807, 2.05) is 6.07 Å². The molecule has 0 heterocycles. The van der Waals surface area contributed by atoms with Gasteiger partial charge in [-0.05, 0) is 54.9 Å². The second kappa shape index (κ2) is 7.48. The van der Waals surface area contributed by atoms with Crippen molar-refractivity contribution in [1.29, 1.82) is 0 Å². The Balaban J connectivity index is 2.34. The van der Waals surface area contributed by atoms with Crippen molar-refractivity contribution < 1.29 is 13.9 Å². The summed E-state index contributed by atoms with van der Waals surface area (Å²) in [7, 11) is 3.16. The summed E-state index contributed by atoms with van der Waals surface area (Å²) in [5, 5.41) is 0. The summed E-state index contributed by atoms with van der Waals surface area (Å²) in [6.45, 7) is 0.453. The van der Waals surface area contributed by atoms with E-state index >= 15 is 0 Å². The van der Waals surface area contributed by atoms with Crippen molar-refractivity contribution in [3.8, 4) is 23.3 Å². The van der Waals surface area contributed by atoms with Crippen LogP contribution in [-0.4, -0.2) is 20.8 Å². The van der Waals surface area contributed by atoms with Crippen LogP contribution in [0.25, 0.3) is 0 Å². The van der Waals surface area contributed by atoms with Crippen molar-refractivity contribution in [2.75, 3.05) is 20.8 Å². The first-order chi connectivity index (χ1) is 10.7. The van der Waals surface area contributed by atoms with Crippen LogP contribution in [0, 0.1) is 17.7 Å². The van der Waals surface area contributed by atoms with E-state index in [2.05, 4.69) is 11.8 Å². The minimum atomic E-state index is -0.278. The Labute approximate surface area is 129 Å². The van der Waals surface area contributed by atoms with Gasteiger partial charge in [-0.2, -0.15) is 0 Å². The average molecular weight is 299 g/mol. The van der Waals surface area contributed by atoms with E-state index in [4.69, 9.17) is 15.2 Å². The molecular weight excluding hydrogens is 281 g/mol. The predicted octanol–water partition coefficient (Wildman–Crippen LogP) is 2.74. The summed E-state index contributed by atoms with van der Waals surface area (Å²) >= 11 is 0. The monoisotopic (exact) mass is 299 g/mol. The highest BCUT2D eigenvalue weighted by molar-refractivity contribution is 5.51. The van der Waals surface area contributed by atoms with E-state index in [1.54, 1.807) is 32.4 Å². The highest BCUT2D eigenvalue weighted by Gasteiger charge is 2.04. The zero-order chi connectivity index (χ0) is 15.9. The SMILES string of the molecule is COc1ccc(C#Cc2ccc(F)cc2CCN)cc1OC. The molecule has 0 fully saturated rings. The first kappa shape index (κ1) is 15.9. The third kappa shape index (κ3) is 3.78. The lowest BCUT2D eigenvalue weighted by atomic mass is 10.0. The Morgan fingerprint density at radius 1 is 1.00 bits per heavy atom. The molecule has 0 aliphatic rings. The fourth-order valence-electron chi connectivity index (χ4n) is 2.10. The third-order valence-electron chi connectivity index (χ3n) is 3.21. The van der Waals surface area contributed by atoms with Crippen LogP contribution in [0.5, 0.6) is 11.5 Å². The van der Waals surface area contributed by atoms with E-state index in [9.17, 15) is 4.39 Å². The molecule has 0 amide bonds. The second-order valence-corrected chi connectivity index (χ2v) is 4.66. The van der Waals surface area contributed by atoms with E-state index in [0.717, 1.165) is 16.7 Å². The number of nitrogens with two attached hydrogens (primary N) is 1. The molecule has 3 nitrogen and oxygen atoms in total. The molecule has 0 saturated heterocycles. The predicted molar refractivity (Wildman–Crippen MR) is 84.7 cm³/mol. The van der Waals surface area contributed by atoms with Crippen LogP contribution in [0.3, 0.4) is 0 Å². The zero-order valence-corrected chi connectivity index (χ0v) is 12.7. The van der Waals surface area contributed by atoms with Gasteiger partial charge in [0, 0.05) is 11.1 Å². The molecule has 0 saturated carbocycles. The third-order valence-corrected chi connectivity index (χ3v) is 3.21. The standard InChI is InChI=1S/C18H18FNO2/c1-21-17-8-4-13(11-18(17)22-2)3-5-14-6-7-16(19)12-15(14)9-10-20/h4,6-8,11-12H,9-10,20H2,1-2H3. The van der Waals surface area contributed by atoms with Gasteiger partial charge in [-0.25, -0.2) is 4.39 Å². The molecule has 0 spiro atoms. The van der Waals surface area contributed by atoms with Crippen molar-refractivity contribution in [2.45, 2.75) is 6.42 Å². The molecule has 2 aromatic carbocycles. The number of halogens is 1. The Morgan fingerprint density at radius 3 is 2.45 bits per heavy atom. The molecular formula is C18H18FNO2. The van der Waals surface area contributed by atoms with Crippen LogP contribution >= 0.6 is 0 Å². The summed E-state index contributed by atoms with van der Waals surface area (Å²) in [6, 6.07) is 10.0. The molecule has 0 aliphatic carbocycles. The van der Waals surface area contributed by atoms with Gasteiger partial charge in [0.1, 0.15) is 5.82 Å². The summed E-state index contributed by atoms with van der Waals surface area (Å²) < 4.78 is 23.7. The van der Waals surface area contributed by atoms with Gasteiger partial charge in [-0.3, -0.25) is 0 Å². The Kier molecular flexibility index (Phi) is 5.40. The van der Waals surface area contributed by atoms with Crippen LogP contribution in [-0.2, 0) is 6.42 Å². The van der Waals surface area contributed by atoms with Gasteiger partial charge in [-0.1, -0.05) is 11.8 Å². The van der Waals surface area contributed by atoms with Crippen molar-refractivity contribution >= 4 is 0 Å². The minimum absolute atomic E-state index is 0.278. The summed E-state index contributed by atoms with van der Waals surface area (Å²) in [5.41, 5.74) is 7.94. The molecule has 2 N–H and O–H groups in total. The maximum atomic E-state index is 13.3. The fourth-order valence-corrected chi connectivity index (χ4v) is 2.10. The van der Waals surface area contributed by atoms with Crippen molar-refractivity contribution in [3.05, 3.63) is 58.9 Å². The van der Waals surface area contributed by atoms with Crippen LogP contribution in [0.4, 0.5) is 4.39 Å².